The number of rotatable bonds is 3. The van der Waals surface area contributed by atoms with Gasteiger partial charge in [-0.25, -0.2) is 13.1 Å². The van der Waals surface area contributed by atoms with Crippen molar-refractivity contribution in [2.75, 3.05) is 6.54 Å². The highest BCUT2D eigenvalue weighted by Gasteiger charge is 2.16. The zero-order valence-corrected chi connectivity index (χ0v) is 9.68. The molecule has 1 N–H and O–H groups in total. The quantitative estimate of drug-likeness (QED) is 0.877. The van der Waals surface area contributed by atoms with Gasteiger partial charge in [0.2, 0.25) is 10.0 Å². The highest BCUT2D eigenvalue weighted by molar-refractivity contribution is 7.91. The van der Waals surface area contributed by atoms with Gasteiger partial charge in [-0.05, 0) is 18.6 Å². The number of aryl methyl sites for hydroxylation is 1. The molecule has 1 aromatic heterocycles. The molecule has 6 heteroatoms. The molecule has 0 bridgehead atoms. The number of hydrogen-bond acceptors (Lipinski definition) is 3. The molecule has 74 valence electrons. The molecule has 1 aromatic rings. The summed E-state index contributed by atoms with van der Waals surface area (Å²) >= 11 is 6.84. The molecule has 0 fully saturated rings. The van der Waals surface area contributed by atoms with Gasteiger partial charge in [-0.2, -0.15) is 0 Å². The zero-order chi connectivity index (χ0) is 10.1. The molecule has 0 amide bonds. The van der Waals surface area contributed by atoms with Crippen molar-refractivity contribution in [2.45, 2.75) is 18.1 Å². The van der Waals surface area contributed by atoms with E-state index in [0.29, 0.717) is 10.9 Å². The van der Waals surface area contributed by atoms with Gasteiger partial charge in [0.15, 0.2) is 0 Å². The third-order valence-electron chi connectivity index (χ3n) is 1.43. The van der Waals surface area contributed by atoms with Crippen molar-refractivity contribution in [3.05, 3.63) is 16.0 Å². The lowest BCUT2D eigenvalue weighted by molar-refractivity contribution is 0.586. The van der Waals surface area contributed by atoms with Crippen LogP contribution in [-0.2, 0) is 10.0 Å². The van der Waals surface area contributed by atoms with Gasteiger partial charge in [-0.15, -0.1) is 11.3 Å². The molecule has 0 aliphatic rings. The molecule has 13 heavy (non-hydrogen) atoms. The standard InChI is InChI=1S/C7H10ClNO2S2/c1-3-9-13(10,11)6-4-5(2)7(8)12-6/h4,9H,3H2,1-2H3. The molecule has 0 spiro atoms. The maximum atomic E-state index is 11.4. The van der Waals surface area contributed by atoms with E-state index in [-0.39, 0.29) is 4.21 Å². The van der Waals surface area contributed by atoms with E-state index in [0.717, 1.165) is 16.9 Å². The van der Waals surface area contributed by atoms with Crippen LogP contribution in [0.5, 0.6) is 0 Å². The second-order valence-electron chi connectivity index (χ2n) is 2.52. The van der Waals surface area contributed by atoms with Crippen molar-refractivity contribution in [3.63, 3.8) is 0 Å². The van der Waals surface area contributed by atoms with Gasteiger partial charge >= 0.3 is 0 Å². The number of halogens is 1. The van der Waals surface area contributed by atoms with E-state index in [1.807, 2.05) is 0 Å². The minimum Gasteiger partial charge on any atom is -0.211 e. The van der Waals surface area contributed by atoms with Crippen molar-refractivity contribution >= 4 is 33.0 Å². The Hall–Kier alpha value is -0.100. The second-order valence-corrected chi connectivity index (χ2v) is 6.17. The van der Waals surface area contributed by atoms with Crippen LogP contribution >= 0.6 is 22.9 Å². The van der Waals surface area contributed by atoms with Gasteiger partial charge in [0, 0.05) is 6.54 Å². The van der Waals surface area contributed by atoms with Crippen LogP contribution in [0.3, 0.4) is 0 Å². The first-order valence-corrected chi connectivity index (χ1v) is 6.40. The summed E-state index contributed by atoms with van der Waals surface area (Å²) in [7, 11) is -3.33. The second kappa shape index (κ2) is 3.96. The highest BCUT2D eigenvalue weighted by Crippen LogP contribution is 2.29. The molecule has 1 rings (SSSR count). The van der Waals surface area contributed by atoms with Gasteiger partial charge in [-0.1, -0.05) is 18.5 Å². The molecule has 0 atom stereocenters. The van der Waals surface area contributed by atoms with E-state index >= 15 is 0 Å². The first-order chi connectivity index (χ1) is 5.97. The third kappa shape index (κ3) is 2.43. The summed E-state index contributed by atoms with van der Waals surface area (Å²) in [6.45, 7) is 3.90. The van der Waals surface area contributed by atoms with Gasteiger partial charge in [0.1, 0.15) is 4.21 Å². The minimum absolute atomic E-state index is 0.275. The van der Waals surface area contributed by atoms with E-state index in [1.54, 1.807) is 19.9 Å². The fourth-order valence-corrected chi connectivity index (χ4v) is 3.62. The molecule has 0 saturated heterocycles. The third-order valence-corrected chi connectivity index (χ3v) is 5.01. The predicted molar refractivity (Wildman–Crippen MR) is 54.9 cm³/mol. The normalized spacial score (nSPS) is 11.9. The van der Waals surface area contributed by atoms with Gasteiger partial charge in [-0.3, -0.25) is 0 Å². The van der Waals surface area contributed by atoms with E-state index in [2.05, 4.69) is 4.72 Å². The first kappa shape index (κ1) is 11.0. The summed E-state index contributed by atoms with van der Waals surface area (Å²) in [5.41, 5.74) is 0.795. The largest absolute Gasteiger partial charge is 0.250 e. The lowest BCUT2D eigenvalue weighted by Gasteiger charge is -1.99. The summed E-state index contributed by atoms with van der Waals surface area (Å²) in [6.07, 6.45) is 0. The van der Waals surface area contributed by atoms with Crippen LogP contribution in [0.4, 0.5) is 0 Å². The Balaban J connectivity index is 3.08. The van der Waals surface area contributed by atoms with E-state index in [4.69, 9.17) is 11.6 Å². The van der Waals surface area contributed by atoms with Crippen LogP contribution < -0.4 is 4.72 Å². The number of thiophene rings is 1. The Morgan fingerprint density at radius 2 is 2.23 bits per heavy atom. The summed E-state index contributed by atoms with van der Waals surface area (Å²) < 4.78 is 26.1. The highest BCUT2D eigenvalue weighted by atomic mass is 35.5. The number of sulfonamides is 1. The van der Waals surface area contributed by atoms with Gasteiger partial charge in [0.25, 0.3) is 0 Å². The predicted octanol–water partition coefficient (Wildman–Crippen LogP) is 2.01. The number of nitrogens with one attached hydrogen (secondary N) is 1. The molecule has 0 saturated carbocycles. The lowest BCUT2D eigenvalue weighted by atomic mass is 10.4. The fraction of sp³-hybridized carbons (Fsp3) is 0.429. The Morgan fingerprint density at radius 1 is 1.62 bits per heavy atom. The summed E-state index contributed by atoms with van der Waals surface area (Å²) in [4.78, 5) is 0. The SMILES string of the molecule is CCNS(=O)(=O)c1cc(C)c(Cl)s1. The van der Waals surface area contributed by atoms with Gasteiger partial charge in [0.05, 0.1) is 4.34 Å². The van der Waals surface area contributed by atoms with Crippen molar-refractivity contribution in [1.29, 1.82) is 0 Å². The zero-order valence-electron chi connectivity index (χ0n) is 7.30. The molecule has 0 radical (unpaired) electrons. The summed E-state index contributed by atoms with van der Waals surface area (Å²) in [5.74, 6) is 0. The Bertz CT molecular complexity index is 377. The first-order valence-electron chi connectivity index (χ1n) is 3.73. The Kier molecular flexibility index (Phi) is 3.34. The molecule has 0 unspecified atom stereocenters. The van der Waals surface area contributed by atoms with Crippen LogP contribution in [0.1, 0.15) is 12.5 Å². The van der Waals surface area contributed by atoms with E-state index in [9.17, 15) is 8.42 Å². The van der Waals surface area contributed by atoms with Crippen LogP contribution in [0.2, 0.25) is 4.34 Å². The van der Waals surface area contributed by atoms with E-state index < -0.39 is 10.0 Å². The monoisotopic (exact) mass is 239 g/mol. The molecular formula is C7H10ClNO2S2. The molecule has 3 nitrogen and oxygen atoms in total. The van der Waals surface area contributed by atoms with Crippen molar-refractivity contribution in [3.8, 4) is 0 Å². The smallest absolute Gasteiger partial charge is 0.211 e. The summed E-state index contributed by atoms with van der Waals surface area (Å²) in [5, 5.41) is 0. The molecule has 1 heterocycles. The van der Waals surface area contributed by atoms with Crippen molar-refractivity contribution in [2.24, 2.45) is 0 Å². The van der Waals surface area contributed by atoms with Crippen molar-refractivity contribution < 1.29 is 8.42 Å². The maximum Gasteiger partial charge on any atom is 0.250 e. The van der Waals surface area contributed by atoms with Gasteiger partial charge < -0.3 is 0 Å². The molecule has 0 aromatic carbocycles. The molecular weight excluding hydrogens is 230 g/mol. The average Bonchev–Trinajstić information content (AvgIpc) is 2.33. The molecule has 0 aliphatic heterocycles. The summed E-state index contributed by atoms with van der Waals surface area (Å²) in [6, 6.07) is 1.57. The van der Waals surface area contributed by atoms with Crippen molar-refractivity contribution in [1.82, 2.24) is 4.72 Å². The molecule has 0 aliphatic carbocycles. The Morgan fingerprint density at radius 3 is 2.62 bits per heavy atom. The van der Waals surface area contributed by atoms with Crippen LogP contribution in [0.15, 0.2) is 10.3 Å². The number of hydrogen-bond donors (Lipinski definition) is 1. The topological polar surface area (TPSA) is 46.2 Å². The van der Waals surface area contributed by atoms with E-state index in [1.165, 1.54) is 0 Å². The Labute approximate surface area is 86.8 Å². The van der Waals surface area contributed by atoms with Crippen LogP contribution in [-0.4, -0.2) is 15.0 Å². The van der Waals surface area contributed by atoms with Crippen LogP contribution in [0.25, 0.3) is 0 Å². The average molecular weight is 240 g/mol. The lowest BCUT2D eigenvalue weighted by Crippen LogP contribution is -2.22. The fourth-order valence-electron chi connectivity index (χ4n) is 0.825. The van der Waals surface area contributed by atoms with Crippen LogP contribution in [0, 0.1) is 6.92 Å². The minimum atomic E-state index is -3.33. The maximum absolute atomic E-state index is 11.4.